The van der Waals surface area contributed by atoms with Crippen molar-refractivity contribution >= 4 is 76.0 Å². The van der Waals surface area contributed by atoms with E-state index in [-0.39, 0.29) is 24.0 Å². The quantitative estimate of drug-likeness (QED) is 0.0760. The molecule has 0 radical (unpaired) electrons. The summed E-state index contributed by atoms with van der Waals surface area (Å²) in [5, 5.41) is 5.19. The maximum Gasteiger partial charge on any atom is 0.251 e. The van der Waals surface area contributed by atoms with Crippen LogP contribution < -0.4 is 21.3 Å². The molecule has 5 rings (SSSR count). The zero-order chi connectivity index (χ0) is 24.1. The standard InChI is InChI=1S/C30H24ClNOPS.HI/c1-2-22-35-30-29(32-28(33-30)23-18-20-24(31)21-19-23)34(25-12-6-3-7-13-25,26-14-8-4-9-15-26)27-16-10-5-11-17-27;/h2-21H,1,22H2;1H/q+1;. The molecule has 0 N–H and O–H groups in total. The highest BCUT2D eigenvalue weighted by Gasteiger charge is 2.52. The summed E-state index contributed by atoms with van der Waals surface area (Å²) in [6.45, 7) is 3.93. The molecular weight excluding hydrogens is 616 g/mol. The lowest BCUT2D eigenvalue weighted by Crippen LogP contribution is -2.40. The molecular formula is C30H25ClINOPS+. The van der Waals surface area contributed by atoms with E-state index in [0.29, 0.717) is 10.9 Å². The third-order valence-corrected chi connectivity index (χ3v) is 11.3. The number of hydrogen-bond donors (Lipinski definition) is 0. The Hall–Kier alpha value is -2.37. The lowest BCUT2D eigenvalue weighted by atomic mass is 10.2. The van der Waals surface area contributed by atoms with Crippen LogP contribution in [0.5, 0.6) is 0 Å². The fourth-order valence-corrected chi connectivity index (χ4v) is 9.58. The van der Waals surface area contributed by atoms with Gasteiger partial charge in [-0.2, -0.15) is 4.98 Å². The highest BCUT2D eigenvalue weighted by molar-refractivity contribution is 14.0. The van der Waals surface area contributed by atoms with Crippen molar-refractivity contribution in [2.75, 3.05) is 5.75 Å². The fraction of sp³-hybridized carbons (Fsp3) is 0.0333. The third-order valence-electron chi connectivity index (χ3n) is 5.75. The van der Waals surface area contributed by atoms with Gasteiger partial charge in [0, 0.05) is 16.3 Å². The minimum atomic E-state index is -2.38. The normalized spacial score (nSPS) is 11.0. The van der Waals surface area contributed by atoms with Gasteiger partial charge in [0.15, 0.2) is 7.26 Å². The van der Waals surface area contributed by atoms with Gasteiger partial charge in [0.2, 0.25) is 11.0 Å². The molecule has 0 unspecified atom stereocenters. The van der Waals surface area contributed by atoms with Crippen LogP contribution in [0.1, 0.15) is 0 Å². The van der Waals surface area contributed by atoms with E-state index in [9.17, 15) is 0 Å². The number of thioether (sulfide) groups is 1. The van der Waals surface area contributed by atoms with Gasteiger partial charge >= 0.3 is 0 Å². The molecule has 0 atom stereocenters. The molecule has 0 aliphatic carbocycles. The van der Waals surface area contributed by atoms with Gasteiger partial charge in [0.05, 0.1) is 0 Å². The van der Waals surface area contributed by atoms with Crippen molar-refractivity contribution in [2.45, 2.75) is 5.09 Å². The maximum atomic E-state index is 6.50. The molecule has 1 heterocycles. The second kappa shape index (κ2) is 12.2. The lowest BCUT2D eigenvalue weighted by molar-refractivity contribution is 0.487. The smallest absolute Gasteiger partial charge is 0.251 e. The Kier molecular flexibility index (Phi) is 9.08. The van der Waals surface area contributed by atoms with E-state index < -0.39 is 7.26 Å². The van der Waals surface area contributed by atoms with Gasteiger partial charge in [-0.15, -0.1) is 30.6 Å². The van der Waals surface area contributed by atoms with E-state index in [2.05, 4.69) is 97.6 Å². The van der Waals surface area contributed by atoms with Gasteiger partial charge in [-0.25, -0.2) is 0 Å². The molecule has 0 fully saturated rings. The van der Waals surface area contributed by atoms with Crippen LogP contribution in [-0.4, -0.2) is 10.7 Å². The molecule has 36 heavy (non-hydrogen) atoms. The van der Waals surface area contributed by atoms with Gasteiger partial charge in [-0.05, 0) is 60.7 Å². The molecule has 0 aliphatic heterocycles. The summed E-state index contributed by atoms with van der Waals surface area (Å²) in [5.74, 6) is 1.32. The summed E-state index contributed by atoms with van der Waals surface area (Å²) in [7, 11) is -2.38. The highest BCUT2D eigenvalue weighted by Crippen LogP contribution is 2.56. The summed E-state index contributed by atoms with van der Waals surface area (Å²) in [4.78, 5) is 5.25. The van der Waals surface area contributed by atoms with Gasteiger partial charge in [-0.3, -0.25) is 0 Å². The van der Waals surface area contributed by atoms with Gasteiger partial charge in [0.25, 0.3) is 5.44 Å². The molecule has 0 aliphatic rings. The molecule has 2 nitrogen and oxygen atoms in total. The number of rotatable bonds is 8. The van der Waals surface area contributed by atoms with E-state index in [1.807, 2.05) is 30.3 Å². The number of hydrogen-bond acceptors (Lipinski definition) is 3. The van der Waals surface area contributed by atoms with Crippen LogP contribution in [0.3, 0.4) is 0 Å². The molecule has 0 amide bonds. The van der Waals surface area contributed by atoms with Crippen LogP contribution in [0.4, 0.5) is 0 Å². The predicted molar refractivity (Wildman–Crippen MR) is 168 cm³/mol. The van der Waals surface area contributed by atoms with E-state index in [4.69, 9.17) is 21.0 Å². The zero-order valence-corrected chi connectivity index (χ0v) is 24.3. The van der Waals surface area contributed by atoms with Crippen LogP contribution in [0, 0.1) is 0 Å². The van der Waals surface area contributed by atoms with E-state index in [1.54, 1.807) is 11.8 Å². The van der Waals surface area contributed by atoms with Crippen LogP contribution in [-0.2, 0) is 0 Å². The number of nitrogens with zero attached hydrogens (tertiary/aromatic N) is 1. The molecule has 180 valence electrons. The Morgan fingerprint density at radius 2 is 1.22 bits per heavy atom. The van der Waals surface area contributed by atoms with Gasteiger partial charge in [-0.1, -0.05) is 84.0 Å². The Morgan fingerprint density at radius 3 is 1.67 bits per heavy atom. The topological polar surface area (TPSA) is 26.0 Å². The number of oxazole rings is 1. The summed E-state index contributed by atoms with van der Waals surface area (Å²) >= 11 is 7.79. The Labute approximate surface area is 239 Å². The Bertz CT molecular complexity index is 1310. The highest BCUT2D eigenvalue weighted by atomic mass is 127. The van der Waals surface area contributed by atoms with Crippen LogP contribution in [0.25, 0.3) is 11.5 Å². The Morgan fingerprint density at radius 1 is 0.750 bits per heavy atom. The predicted octanol–water partition coefficient (Wildman–Crippen LogP) is 7.51. The van der Waals surface area contributed by atoms with E-state index in [1.165, 1.54) is 15.9 Å². The molecule has 4 aromatic carbocycles. The average Bonchev–Trinajstić information content (AvgIpc) is 3.34. The molecule has 6 heteroatoms. The van der Waals surface area contributed by atoms with E-state index >= 15 is 0 Å². The molecule has 1 aromatic heterocycles. The minimum Gasteiger partial charge on any atom is -0.425 e. The number of benzene rings is 4. The average molecular weight is 641 g/mol. The van der Waals surface area contributed by atoms with Crippen molar-refractivity contribution in [3.05, 3.63) is 133 Å². The molecule has 0 spiro atoms. The number of halogens is 2. The molecule has 0 bridgehead atoms. The second-order valence-electron chi connectivity index (χ2n) is 7.91. The fourth-order valence-electron chi connectivity index (χ4n) is 4.22. The molecule has 0 saturated carbocycles. The van der Waals surface area contributed by atoms with Crippen molar-refractivity contribution < 1.29 is 4.42 Å². The summed E-state index contributed by atoms with van der Waals surface area (Å²) in [5.41, 5.74) is 1.87. The minimum absolute atomic E-state index is 0. The first-order valence-corrected chi connectivity index (χ1v) is 14.5. The summed E-state index contributed by atoms with van der Waals surface area (Å²) in [6, 6.07) is 39.7. The van der Waals surface area contributed by atoms with E-state index in [0.717, 1.165) is 21.8 Å². The molecule has 5 aromatic rings. The summed E-state index contributed by atoms with van der Waals surface area (Å²) in [6.07, 6.45) is 1.90. The van der Waals surface area contributed by atoms with Crippen molar-refractivity contribution in [3.8, 4) is 11.5 Å². The maximum absolute atomic E-state index is 6.50. The first-order chi connectivity index (χ1) is 17.2. The van der Waals surface area contributed by atoms with Gasteiger partial charge in [0.1, 0.15) is 15.9 Å². The van der Waals surface area contributed by atoms with Crippen LogP contribution >= 0.6 is 54.6 Å². The zero-order valence-electron chi connectivity index (χ0n) is 19.5. The Balaban J connectivity index is 0.00000304. The first kappa shape index (κ1) is 26.7. The van der Waals surface area contributed by atoms with Crippen molar-refractivity contribution in [3.63, 3.8) is 0 Å². The second-order valence-corrected chi connectivity index (χ2v) is 12.7. The van der Waals surface area contributed by atoms with Gasteiger partial charge < -0.3 is 4.42 Å². The van der Waals surface area contributed by atoms with Crippen LogP contribution in [0.2, 0.25) is 5.02 Å². The first-order valence-electron chi connectivity index (χ1n) is 11.3. The third kappa shape index (κ3) is 5.19. The van der Waals surface area contributed by atoms with Crippen molar-refractivity contribution in [1.29, 1.82) is 0 Å². The van der Waals surface area contributed by atoms with Crippen LogP contribution in [0.15, 0.2) is 137 Å². The van der Waals surface area contributed by atoms with Crippen molar-refractivity contribution in [1.82, 2.24) is 4.98 Å². The monoisotopic (exact) mass is 640 g/mol. The SMILES string of the molecule is C=CCSc1oc(-c2ccc(Cl)cc2)nc1[P+](c1ccccc1)(c1ccccc1)c1ccccc1.I. The van der Waals surface area contributed by atoms with Crippen molar-refractivity contribution in [2.24, 2.45) is 0 Å². The molecule has 0 saturated heterocycles. The largest absolute Gasteiger partial charge is 0.425 e. The lowest BCUT2D eigenvalue weighted by Gasteiger charge is -2.25. The summed E-state index contributed by atoms with van der Waals surface area (Å²) < 4.78 is 6.50. The number of aromatic nitrogens is 1.